The number of halogens is 3. The van der Waals surface area contributed by atoms with Gasteiger partial charge in [0, 0.05) is 44.2 Å². The molecule has 3 atom stereocenters. The van der Waals surface area contributed by atoms with Gasteiger partial charge in [0.15, 0.2) is 11.6 Å². The van der Waals surface area contributed by atoms with Crippen molar-refractivity contribution in [1.29, 1.82) is 0 Å². The number of imidazole rings is 1. The summed E-state index contributed by atoms with van der Waals surface area (Å²) in [5.41, 5.74) is 3.02. The molecule has 37 heavy (non-hydrogen) atoms. The first kappa shape index (κ1) is 24.2. The number of hydrogen-bond acceptors (Lipinski definition) is 8. The zero-order valence-electron chi connectivity index (χ0n) is 20.7. The lowest BCUT2D eigenvalue weighted by Crippen LogP contribution is -2.57. The quantitative estimate of drug-likeness (QED) is 0.498. The van der Waals surface area contributed by atoms with Gasteiger partial charge in [0.1, 0.15) is 11.7 Å². The summed E-state index contributed by atoms with van der Waals surface area (Å²) >= 11 is 0. The highest BCUT2D eigenvalue weighted by Crippen LogP contribution is 2.33. The number of aromatic nitrogens is 5. The Labute approximate surface area is 211 Å². The summed E-state index contributed by atoms with van der Waals surface area (Å²) in [6.07, 6.45) is 0.943. The Balaban J connectivity index is 1.28. The molecule has 2 N–H and O–H groups in total. The van der Waals surface area contributed by atoms with Crippen LogP contribution in [0.5, 0.6) is 0 Å². The lowest BCUT2D eigenvalue weighted by molar-refractivity contribution is -0.0794. The molecule has 0 bridgehead atoms. The lowest BCUT2D eigenvalue weighted by Gasteiger charge is -2.42. The fraction of sp³-hybridized carbons (Fsp3) is 0.583. The van der Waals surface area contributed by atoms with E-state index in [0.717, 1.165) is 23.3 Å². The number of ether oxygens (including phenoxy) is 1. The van der Waals surface area contributed by atoms with Crippen LogP contribution in [0.3, 0.4) is 0 Å². The number of piperidine rings is 1. The molecular formula is C24H30F3N9O. The number of nitrogens with one attached hydrogen (secondary N) is 2. The molecule has 1 unspecified atom stereocenters. The van der Waals surface area contributed by atoms with Gasteiger partial charge < -0.3 is 19.9 Å². The summed E-state index contributed by atoms with van der Waals surface area (Å²) in [7, 11) is 1.77. The third-order valence-electron chi connectivity index (χ3n) is 7.46. The molecule has 3 aliphatic rings. The Morgan fingerprint density at radius 3 is 2.81 bits per heavy atom. The topological polar surface area (TPSA) is 96.9 Å². The average Bonchev–Trinajstić information content (AvgIpc) is 3.42. The number of hydrogen-bond donors (Lipinski definition) is 2. The molecule has 0 aliphatic carbocycles. The molecule has 0 saturated carbocycles. The van der Waals surface area contributed by atoms with Crippen LogP contribution in [0.2, 0.25) is 0 Å². The number of alkyl halides is 3. The van der Waals surface area contributed by atoms with Gasteiger partial charge in [-0.1, -0.05) is 6.92 Å². The van der Waals surface area contributed by atoms with Gasteiger partial charge in [0.05, 0.1) is 49.6 Å². The van der Waals surface area contributed by atoms with Crippen molar-refractivity contribution < 1.29 is 17.9 Å². The van der Waals surface area contributed by atoms with E-state index in [0.29, 0.717) is 61.9 Å². The first-order valence-electron chi connectivity index (χ1n) is 12.6. The van der Waals surface area contributed by atoms with Crippen molar-refractivity contribution >= 4 is 28.8 Å². The maximum Gasteiger partial charge on any atom is 0.256 e. The van der Waals surface area contributed by atoms with Crippen LogP contribution in [0.15, 0.2) is 23.6 Å². The maximum atomic E-state index is 15.0. The summed E-state index contributed by atoms with van der Waals surface area (Å²) in [6.45, 7) is 4.09. The van der Waals surface area contributed by atoms with Crippen molar-refractivity contribution in [3.8, 4) is 0 Å². The van der Waals surface area contributed by atoms with Crippen LogP contribution in [-0.4, -0.2) is 92.8 Å². The summed E-state index contributed by atoms with van der Waals surface area (Å²) in [5, 5.41) is 10.9. The van der Waals surface area contributed by atoms with E-state index in [1.807, 2.05) is 19.2 Å². The molecular weight excluding hydrogens is 487 g/mol. The van der Waals surface area contributed by atoms with Crippen LogP contribution < -0.4 is 10.6 Å². The molecule has 2 saturated heterocycles. The highest BCUT2D eigenvalue weighted by molar-refractivity contribution is 6.11. The van der Waals surface area contributed by atoms with Crippen LogP contribution in [0.4, 0.5) is 30.8 Å². The number of nitrogens with zero attached hydrogens (tertiary/aromatic N) is 7. The van der Waals surface area contributed by atoms with Gasteiger partial charge in [-0.25, -0.2) is 27.7 Å². The van der Waals surface area contributed by atoms with Crippen molar-refractivity contribution in [2.24, 2.45) is 10.9 Å². The molecule has 6 rings (SSSR count). The Bertz CT molecular complexity index is 1320. The first-order chi connectivity index (χ1) is 17.9. The zero-order valence-corrected chi connectivity index (χ0v) is 20.7. The van der Waals surface area contributed by atoms with E-state index < -0.39 is 19.1 Å². The summed E-state index contributed by atoms with van der Waals surface area (Å²) in [6, 6.07) is 1.83. The molecule has 198 valence electrons. The number of fused-ring (bicyclic) bond motifs is 2. The monoisotopic (exact) mass is 517 g/mol. The number of aliphatic imine (C=N–C) groups is 1. The fourth-order valence-corrected chi connectivity index (χ4v) is 5.40. The fourth-order valence-electron chi connectivity index (χ4n) is 5.40. The summed E-state index contributed by atoms with van der Waals surface area (Å²) < 4.78 is 49.5. The minimum atomic E-state index is -2.50. The molecule has 3 aromatic heterocycles. The molecule has 0 amide bonds. The minimum Gasteiger partial charge on any atom is -0.378 e. The second-order valence-electron chi connectivity index (χ2n) is 9.96. The van der Waals surface area contributed by atoms with Crippen LogP contribution in [0.25, 0.3) is 5.52 Å². The molecule has 0 spiro atoms. The van der Waals surface area contributed by atoms with Crippen LogP contribution in [0.1, 0.15) is 24.6 Å². The van der Waals surface area contributed by atoms with Crippen molar-refractivity contribution in [3.05, 3.63) is 29.8 Å². The normalized spacial score (nSPS) is 24.7. The summed E-state index contributed by atoms with van der Waals surface area (Å²) in [5.74, 6) is 1.39. The lowest BCUT2D eigenvalue weighted by atomic mass is 9.92. The number of likely N-dealkylation sites (tertiary alicyclic amines) is 1. The Hall–Kier alpha value is -3.19. The second-order valence-corrected chi connectivity index (χ2v) is 9.96. The van der Waals surface area contributed by atoms with Crippen molar-refractivity contribution in [3.63, 3.8) is 0 Å². The van der Waals surface area contributed by atoms with Gasteiger partial charge in [-0.3, -0.25) is 4.90 Å². The molecule has 2 fully saturated rings. The Kier molecular flexibility index (Phi) is 6.27. The standard InChI is InChI=1S/C24H30F3N9O/c1-13-7-18-23(35(12-29-18)9-19(26)27)31-20(13)15-3-6-36-21(15)22(28-2)32-24(33-36)30-17-4-5-34(8-16(17)25)14-10-37-11-14/h3,6,12-14,16-17,19H,4-5,7-11H2,1-2H3,(H2,28,30,32,33)/t13?,16-,17+/m1/s1. The average molecular weight is 518 g/mol. The highest BCUT2D eigenvalue weighted by atomic mass is 19.3. The molecule has 0 aromatic carbocycles. The molecule has 0 radical (unpaired) electrons. The van der Waals surface area contributed by atoms with E-state index in [-0.39, 0.29) is 12.0 Å². The predicted octanol–water partition coefficient (Wildman–Crippen LogP) is 2.77. The van der Waals surface area contributed by atoms with Gasteiger partial charge >= 0.3 is 0 Å². The van der Waals surface area contributed by atoms with E-state index >= 15 is 4.39 Å². The van der Waals surface area contributed by atoms with Gasteiger partial charge in [-0.15, -0.1) is 5.10 Å². The molecule has 3 aromatic rings. The minimum absolute atomic E-state index is 0.0228. The second kappa shape index (κ2) is 9.60. The van der Waals surface area contributed by atoms with Gasteiger partial charge in [0.2, 0.25) is 5.95 Å². The third-order valence-corrected chi connectivity index (χ3v) is 7.46. The predicted molar refractivity (Wildman–Crippen MR) is 133 cm³/mol. The molecule has 13 heteroatoms. The van der Waals surface area contributed by atoms with Crippen molar-refractivity contribution in [1.82, 2.24) is 29.0 Å². The Morgan fingerprint density at radius 1 is 1.27 bits per heavy atom. The van der Waals surface area contributed by atoms with E-state index in [1.165, 1.54) is 10.9 Å². The van der Waals surface area contributed by atoms with Gasteiger partial charge in [-0.2, -0.15) is 4.98 Å². The molecule has 3 aliphatic heterocycles. The van der Waals surface area contributed by atoms with E-state index in [2.05, 4.69) is 30.6 Å². The molecule has 6 heterocycles. The van der Waals surface area contributed by atoms with E-state index in [9.17, 15) is 8.78 Å². The number of rotatable bonds is 7. The SMILES string of the molecule is CNc1nc(N[C@H]2CCN(C3COC3)C[C@H]2F)nn2ccc(C3=Nc4c(ncn4CC(F)F)CC3C)c12. The van der Waals surface area contributed by atoms with Crippen LogP contribution >= 0.6 is 0 Å². The third kappa shape index (κ3) is 4.43. The van der Waals surface area contributed by atoms with Crippen molar-refractivity contribution in [2.45, 2.75) is 51.0 Å². The maximum absolute atomic E-state index is 15.0. The van der Waals surface area contributed by atoms with E-state index in [1.54, 1.807) is 11.6 Å². The van der Waals surface area contributed by atoms with Gasteiger partial charge in [0.25, 0.3) is 6.43 Å². The van der Waals surface area contributed by atoms with Crippen LogP contribution in [0, 0.1) is 5.92 Å². The Morgan fingerprint density at radius 2 is 2.11 bits per heavy atom. The first-order valence-corrected chi connectivity index (χ1v) is 12.6. The highest BCUT2D eigenvalue weighted by Gasteiger charge is 2.36. The van der Waals surface area contributed by atoms with Crippen molar-refractivity contribution in [2.75, 3.05) is 44.0 Å². The van der Waals surface area contributed by atoms with Crippen LogP contribution in [-0.2, 0) is 17.7 Å². The van der Waals surface area contributed by atoms with E-state index in [4.69, 9.17) is 9.73 Å². The zero-order chi connectivity index (χ0) is 25.7. The summed E-state index contributed by atoms with van der Waals surface area (Å²) in [4.78, 5) is 15.9. The van der Waals surface area contributed by atoms with Gasteiger partial charge in [-0.05, 0) is 12.5 Å². The number of anilines is 2. The largest absolute Gasteiger partial charge is 0.378 e. The molecule has 10 nitrogen and oxygen atoms in total. The smallest absolute Gasteiger partial charge is 0.256 e.